The summed E-state index contributed by atoms with van der Waals surface area (Å²) >= 11 is 2.15. The molecule has 13 heavy (non-hydrogen) atoms. The Bertz CT molecular complexity index is 291. The summed E-state index contributed by atoms with van der Waals surface area (Å²) in [4.78, 5) is 0. The molecule has 0 aliphatic carbocycles. The Kier molecular flexibility index (Phi) is 3.95. The molecule has 0 heterocycles. The molecule has 0 aliphatic heterocycles. The maximum Gasteiger partial charge on any atom is 0.116 e. The SMILES string of the molecule is COC[C@@H](N)c1ccc(O)cc1I. The number of nitrogens with two attached hydrogens (primary N) is 1. The zero-order chi connectivity index (χ0) is 9.84. The molecule has 1 atom stereocenters. The van der Waals surface area contributed by atoms with Gasteiger partial charge in [-0.05, 0) is 40.3 Å². The Labute approximate surface area is 91.0 Å². The molecule has 3 N–H and O–H groups in total. The van der Waals surface area contributed by atoms with Crippen molar-refractivity contribution < 1.29 is 9.84 Å². The van der Waals surface area contributed by atoms with E-state index in [-0.39, 0.29) is 11.8 Å². The van der Waals surface area contributed by atoms with Crippen molar-refractivity contribution in [1.82, 2.24) is 0 Å². The van der Waals surface area contributed by atoms with Gasteiger partial charge in [-0.2, -0.15) is 0 Å². The second-order valence-electron chi connectivity index (χ2n) is 2.77. The fourth-order valence-electron chi connectivity index (χ4n) is 1.09. The van der Waals surface area contributed by atoms with E-state index in [0.717, 1.165) is 9.13 Å². The topological polar surface area (TPSA) is 55.5 Å². The lowest BCUT2D eigenvalue weighted by Crippen LogP contribution is -2.17. The van der Waals surface area contributed by atoms with Crippen LogP contribution in [0.25, 0.3) is 0 Å². The highest BCUT2D eigenvalue weighted by molar-refractivity contribution is 14.1. The predicted octanol–water partition coefficient (Wildman–Crippen LogP) is 1.64. The number of aromatic hydroxyl groups is 1. The summed E-state index contributed by atoms with van der Waals surface area (Å²) in [5.74, 6) is 0.262. The van der Waals surface area contributed by atoms with E-state index in [2.05, 4.69) is 22.6 Å². The third-order valence-corrected chi connectivity index (χ3v) is 2.66. The average Bonchev–Trinajstić information content (AvgIpc) is 2.04. The van der Waals surface area contributed by atoms with E-state index in [4.69, 9.17) is 10.5 Å². The van der Waals surface area contributed by atoms with Gasteiger partial charge in [-0.1, -0.05) is 6.07 Å². The molecule has 0 fully saturated rings. The van der Waals surface area contributed by atoms with Crippen LogP contribution in [-0.2, 0) is 4.74 Å². The van der Waals surface area contributed by atoms with Gasteiger partial charge in [0.25, 0.3) is 0 Å². The van der Waals surface area contributed by atoms with Crippen molar-refractivity contribution in [2.75, 3.05) is 13.7 Å². The molecule has 0 amide bonds. The molecule has 0 aliphatic rings. The third-order valence-electron chi connectivity index (χ3n) is 1.73. The van der Waals surface area contributed by atoms with Gasteiger partial charge in [0.05, 0.1) is 12.6 Å². The normalized spacial score (nSPS) is 12.8. The molecule has 1 aromatic carbocycles. The Morgan fingerprint density at radius 1 is 1.62 bits per heavy atom. The van der Waals surface area contributed by atoms with Gasteiger partial charge >= 0.3 is 0 Å². The summed E-state index contributed by atoms with van der Waals surface area (Å²) in [7, 11) is 1.62. The first-order valence-electron chi connectivity index (χ1n) is 3.88. The molecule has 1 rings (SSSR count). The van der Waals surface area contributed by atoms with E-state index < -0.39 is 0 Å². The van der Waals surface area contributed by atoms with Crippen LogP contribution < -0.4 is 5.73 Å². The molecule has 0 aromatic heterocycles. The molecule has 0 saturated carbocycles. The molecule has 0 bridgehead atoms. The minimum atomic E-state index is -0.127. The van der Waals surface area contributed by atoms with Crippen molar-refractivity contribution in [2.24, 2.45) is 5.73 Å². The van der Waals surface area contributed by atoms with Crippen molar-refractivity contribution >= 4 is 22.6 Å². The number of rotatable bonds is 3. The van der Waals surface area contributed by atoms with Gasteiger partial charge in [0.1, 0.15) is 5.75 Å². The summed E-state index contributed by atoms with van der Waals surface area (Å²) in [6, 6.07) is 5.01. The highest BCUT2D eigenvalue weighted by Crippen LogP contribution is 2.22. The largest absolute Gasteiger partial charge is 0.508 e. The van der Waals surface area contributed by atoms with Crippen molar-refractivity contribution in [3.63, 3.8) is 0 Å². The summed E-state index contributed by atoms with van der Waals surface area (Å²) in [5, 5.41) is 9.17. The van der Waals surface area contributed by atoms with Crippen LogP contribution in [0, 0.1) is 3.57 Å². The molecule has 0 saturated heterocycles. The number of hydrogen-bond acceptors (Lipinski definition) is 3. The van der Waals surface area contributed by atoms with Crippen molar-refractivity contribution in [1.29, 1.82) is 0 Å². The van der Waals surface area contributed by atoms with E-state index in [9.17, 15) is 5.11 Å². The van der Waals surface area contributed by atoms with Gasteiger partial charge < -0.3 is 15.6 Å². The molecule has 4 heteroatoms. The van der Waals surface area contributed by atoms with Crippen LogP contribution in [-0.4, -0.2) is 18.8 Å². The van der Waals surface area contributed by atoms with E-state index in [1.54, 1.807) is 19.2 Å². The van der Waals surface area contributed by atoms with Crippen LogP contribution in [0.4, 0.5) is 0 Å². The lowest BCUT2D eigenvalue weighted by atomic mass is 10.1. The van der Waals surface area contributed by atoms with Gasteiger partial charge in [0, 0.05) is 10.7 Å². The molecule has 0 spiro atoms. The monoisotopic (exact) mass is 293 g/mol. The van der Waals surface area contributed by atoms with Gasteiger partial charge in [-0.15, -0.1) is 0 Å². The van der Waals surface area contributed by atoms with E-state index in [1.807, 2.05) is 6.07 Å². The second-order valence-corrected chi connectivity index (χ2v) is 3.93. The highest BCUT2D eigenvalue weighted by Gasteiger charge is 2.09. The van der Waals surface area contributed by atoms with Gasteiger partial charge in [0.15, 0.2) is 0 Å². The second kappa shape index (κ2) is 4.78. The standard InChI is InChI=1S/C9H12INO2/c1-13-5-9(11)7-3-2-6(12)4-8(7)10/h2-4,9,12H,5,11H2,1H3/t9-/m1/s1. The zero-order valence-electron chi connectivity index (χ0n) is 7.33. The number of benzene rings is 1. The first-order chi connectivity index (χ1) is 6.15. The maximum atomic E-state index is 9.17. The summed E-state index contributed by atoms with van der Waals surface area (Å²) in [5.41, 5.74) is 6.85. The fraction of sp³-hybridized carbons (Fsp3) is 0.333. The van der Waals surface area contributed by atoms with Crippen LogP contribution in [0.15, 0.2) is 18.2 Å². The fourth-order valence-corrected chi connectivity index (χ4v) is 1.98. The van der Waals surface area contributed by atoms with Gasteiger partial charge in [0.2, 0.25) is 0 Å². The minimum absolute atomic E-state index is 0.127. The highest BCUT2D eigenvalue weighted by atomic mass is 127. The van der Waals surface area contributed by atoms with Crippen LogP contribution in [0.5, 0.6) is 5.75 Å². The number of methoxy groups -OCH3 is 1. The molecule has 3 nitrogen and oxygen atoms in total. The van der Waals surface area contributed by atoms with E-state index >= 15 is 0 Å². The third kappa shape index (κ3) is 2.82. The lowest BCUT2D eigenvalue weighted by molar-refractivity contribution is 0.180. The van der Waals surface area contributed by atoms with Crippen molar-refractivity contribution in [2.45, 2.75) is 6.04 Å². The van der Waals surface area contributed by atoms with Gasteiger partial charge in [-0.25, -0.2) is 0 Å². The van der Waals surface area contributed by atoms with Crippen LogP contribution in [0.3, 0.4) is 0 Å². The number of phenolic OH excluding ortho intramolecular Hbond substituents is 1. The smallest absolute Gasteiger partial charge is 0.116 e. The lowest BCUT2D eigenvalue weighted by Gasteiger charge is -2.12. The van der Waals surface area contributed by atoms with Crippen molar-refractivity contribution in [3.05, 3.63) is 27.3 Å². The molecular weight excluding hydrogens is 281 g/mol. The molecule has 72 valence electrons. The zero-order valence-corrected chi connectivity index (χ0v) is 9.48. The van der Waals surface area contributed by atoms with Crippen molar-refractivity contribution in [3.8, 4) is 5.75 Å². The van der Waals surface area contributed by atoms with Gasteiger partial charge in [-0.3, -0.25) is 0 Å². The average molecular weight is 293 g/mol. The number of halogens is 1. The number of hydrogen-bond donors (Lipinski definition) is 2. The Balaban J connectivity index is 2.88. The van der Waals surface area contributed by atoms with Crippen LogP contribution in [0.2, 0.25) is 0 Å². The minimum Gasteiger partial charge on any atom is -0.508 e. The number of ether oxygens (including phenoxy) is 1. The first-order valence-corrected chi connectivity index (χ1v) is 4.96. The van der Waals surface area contributed by atoms with E-state index in [1.165, 1.54) is 0 Å². The molecule has 0 radical (unpaired) electrons. The summed E-state index contributed by atoms with van der Waals surface area (Å²) < 4.78 is 5.91. The molecular formula is C9H12INO2. The Hall–Kier alpha value is -0.330. The summed E-state index contributed by atoms with van der Waals surface area (Å²) in [6.07, 6.45) is 0. The van der Waals surface area contributed by atoms with Crippen LogP contribution >= 0.6 is 22.6 Å². The first kappa shape index (κ1) is 10.7. The summed E-state index contributed by atoms with van der Waals surface area (Å²) in [6.45, 7) is 0.487. The quantitative estimate of drug-likeness (QED) is 0.833. The number of phenols is 1. The Morgan fingerprint density at radius 3 is 2.85 bits per heavy atom. The predicted molar refractivity (Wildman–Crippen MR) is 59.6 cm³/mol. The maximum absolute atomic E-state index is 9.17. The molecule has 1 aromatic rings. The van der Waals surface area contributed by atoms with E-state index in [0.29, 0.717) is 6.61 Å². The Morgan fingerprint density at radius 2 is 2.31 bits per heavy atom. The van der Waals surface area contributed by atoms with Crippen LogP contribution in [0.1, 0.15) is 11.6 Å². The molecule has 0 unspecified atom stereocenters.